The van der Waals surface area contributed by atoms with Gasteiger partial charge in [0.2, 0.25) is 5.91 Å². The second-order valence-corrected chi connectivity index (χ2v) is 5.18. The number of amides is 2. The smallest absolute Gasteiger partial charge is 0.265 e. The van der Waals surface area contributed by atoms with Gasteiger partial charge in [0.1, 0.15) is 11.5 Å². The minimum atomic E-state index is -0.359. The highest BCUT2D eigenvalue weighted by Gasteiger charge is 2.31. The zero-order valence-corrected chi connectivity index (χ0v) is 11.1. The Kier molecular flexibility index (Phi) is 4.20. The Labute approximate surface area is 115 Å². The number of aliphatic hydroxyl groups is 1. The van der Waals surface area contributed by atoms with Crippen molar-refractivity contribution < 1.29 is 14.7 Å². The van der Waals surface area contributed by atoms with E-state index in [4.69, 9.17) is 10.8 Å². The summed E-state index contributed by atoms with van der Waals surface area (Å²) in [5.41, 5.74) is 5.87. The molecule has 2 heterocycles. The van der Waals surface area contributed by atoms with Crippen LogP contribution in [0.3, 0.4) is 0 Å². The van der Waals surface area contributed by atoms with E-state index in [2.05, 4.69) is 11.8 Å². The molecule has 5 nitrogen and oxygen atoms in total. The third-order valence-corrected chi connectivity index (χ3v) is 3.94. The second kappa shape index (κ2) is 5.87. The highest BCUT2D eigenvalue weighted by molar-refractivity contribution is 7.12. The summed E-state index contributed by atoms with van der Waals surface area (Å²) in [6.45, 7) is 0.674. The van der Waals surface area contributed by atoms with Gasteiger partial charge in [-0.25, -0.2) is 0 Å². The van der Waals surface area contributed by atoms with Crippen LogP contribution in [-0.4, -0.2) is 41.5 Å². The van der Waals surface area contributed by atoms with E-state index >= 15 is 0 Å². The van der Waals surface area contributed by atoms with Gasteiger partial charge in [-0.05, 0) is 17.9 Å². The van der Waals surface area contributed by atoms with Gasteiger partial charge in [-0.3, -0.25) is 9.59 Å². The molecular weight excluding hydrogens is 264 g/mol. The van der Waals surface area contributed by atoms with Gasteiger partial charge in [-0.15, -0.1) is 11.3 Å². The summed E-state index contributed by atoms with van der Waals surface area (Å²) in [6, 6.07) is 1.75. The first kappa shape index (κ1) is 13.6. The third-order valence-electron chi connectivity index (χ3n) is 3.04. The summed E-state index contributed by atoms with van der Waals surface area (Å²) in [5.74, 6) is 4.55. The average molecular weight is 278 g/mol. The van der Waals surface area contributed by atoms with Crippen molar-refractivity contribution in [3.8, 4) is 11.8 Å². The summed E-state index contributed by atoms with van der Waals surface area (Å²) in [7, 11) is 0. The van der Waals surface area contributed by atoms with Gasteiger partial charge in [0.25, 0.3) is 5.91 Å². The Morgan fingerprint density at radius 3 is 3.00 bits per heavy atom. The van der Waals surface area contributed by atoms with Crippen molar-refractivity contribution in [2.75, 3.05) is 19.7 Å². The van der Waals surface area contributed by atoms with Gasteiger partial charge in [0, 0.05) is 18.7 Å². The maximum atomic E-state index is 12.3. The van der Waals surface area contributed by atoms with E-state index in [1.54, 1.807) is 16.3 Å². The number of primary amides is 1. The van der Waals surface area contributed by atoms with Crippen molar-refractivity contribution >= 4 is 23.2 Å². The Hall–Kier alpha value is -1.84. The van der Waals surface area contributed by atoms with Gasteiger partial charge >= 0.3 is 0 Å². The van der Waals surface area contributed by atoms with E-state index < -0.39 is 0 Å². The van der Waals surface area contributed by atoms with Crippen LogP contribution in [-0.2, 0) is 4.79 Å². The van der Waals surface area contributed by atoms with Crippen molar-refractivity contribution in [2.45, 2.75) is 6.42 Å². The number of hydrogen-bond acceptors (Lipinski definition) is 4. The molecule has 1 aromatic heterocycles. The molecule has 1 fully saturated rings. The van der Waals surface area contributed by atoms with Crippen molar-refractivity contribution in [1.29, 1.82) is 0 Å². The lowest BCUT2D eigenvalue weighted by atomic mass is 10.1. The summed E-state index contributed by atoms with van der Waals surface area (Å²) in [5, 5.41) is 10.5. The molecule has 0 spiro atoms. The predicted molar refractivity (Wildman–Crippen MR) is 71.5 cm³/mol. The standard InChI is InChI=1S/C13H14N2O3S/c14-12(17)10-3-5-15(8-10)13(18)11-9(2-1-6-16)4-7-19-11/h4,7,10,16H,3,5-6,8H2,(H2,14,17). The van der Waals surface area contributed by atoms with Gasteiger partial charge in [0.15, 0.2) is 0 Å². The number of carbonyl (C=O) groups is 2. The van der Waals surface area contributed by atoms with Crippen LogP contribution >= 0.6 is 11.3 Å². The molecule has 1 unspecified atom stereocenters. The van der Waals surface area contributed by atoms with Crippen LogP contribution in [0.2, 0.25) is 0 Å². The number of rotatable bonds is 2. The van der Waals surface area contributed by atoms with E-state index in [9.17, 15) is 9.59 Å². The summed E-state index contributed by atoms with van der Waals surface area (Å²) >= 11 is 1.31. The van der Waals surface area contributed by atoms with Gasteiger partial charge in [0.05, 0.1) is 5.92 Å². The molecule has 1 atom stereocenters. The number of hydrogen-bond donors (Lipinski definition) is 2. The van der Waals surface area contributed by atoms with E-state index in [1.807, 2.05) is 0 Å². The zero-order valence-electron chi connectivity index (χ0n) is 10.3. The lowest BCUT2D eigenvalue weighted by Crippen LogP contribution is -2.31. The second-order valence-electron chi connectivity index (χ2n) is 4.26. The number of carbonyl (C=O) groups excluding carboxylic acids is 2. The molecule has 6 heteroatoms. The molecule has 2 amide bonds. The maximum Gasteiger partial charge on any atom is 0.265 e. The number of thiophene rings is 1. The van der Waals surface area contributed by atoms with E-state index in [-0.39, 0.29) is 24.3 Å². The van der Waals surface area contributed by atoms with Gasteiger partial charge in [-0.2, -0.15) is 0 Å². The quantitative estimate of drug-likeness (QED) is 0.749. The van der Waals surface area contributed by atoms with E-state index in [0.29, 0.717) is 30.0 Å². The van der Waals surface area contributed by atoms with Crippen LogP contribution in [0, 0.1) is 17.8 Å². The highest BCUT2D eigenvalue weighted by atomic mass is 32.1. The molecule has 0 saturated carbocycles. The minimum absolute atomic E-state index is 0.124. The van der Waals surface area contributed by atoms with Crippen molar-refractivity contribution in [1.82, 2.24) is 4.90 Å². The summed E-state index contributed by atoms with van der Waals surface area (Å²) in [6.07, 6.45) is 0.615. The first-order chi connectivity index (χ1) is 9.13. The number of nitrogens with zero attached hydrogens (tertiary/aromatic N) is 1. The topological polar surface area (TPSA) is 83.6 Å². The minimum Gasteiger partial charge on any atom is -0.384 e. The summed E-state index contributed by atoms with van der Waals surface area (Å²) in [4.78, 5) is 25.6. The normalized spacial score (nSPS) is 17.9. The fourth-order valence-corrected chi connectivity index (χ4v) is 2.84. The average Bonchev–Trinajstić information content (AvgIpc) is 3.04. The van der Waals surface area contributed by atoms with E-state index in [0.717, 1.165) is 0 Å². The van der Waals surface area contributed by atoms with E-state index in [1.165, 1.54) is 11.3 Å². The molecular formula is C13H14N2O3S. The number of likely N-dealkylation sites (tertiary alicyclic amines) is 1. The van der Waals surface area contributed by atoms with Crippen molar-refractivity contribution in [3.63, 3.8) is 0 Å². The molecule has 1 aliphatic rings. The largest absolute Gasteiger partial charge is 0.384 e. The molecule has 1 aromatic rings. The van der Waals surface area contributed by atoms with Crippen molar-refractivity contribution in [3.05, 3.63) is 21.9 Å². The first-order valence-electron chi connectivity index (χ1n) is 5.89. The molecule has 1 saturated heterocycles. The molecule has 0 bridgehead atoms. The third kappa shape index (κ3) is 2.95. The Balaban J connectivity index is 2.13. The van der Waals surface area contributed by atoms with Crippen LogP contribution in [0.25, 0.3) is 0 Å². The maximum absolute atomic E-state index is 12.3. The Morgan fingerprint density at radius 1 is 1.58 bits per heavy atom. The molecule has 1 aliphatic heterocycles. The highest BCUT2D eigenvalue weighted by Crippen LogP contribution is 2.23. The molecule has 2 rings (SSSR count). The van der Waals surface area contributed by atoms with Gasteiger partial charge < -0.3 is 15.7 Å². The number of aliphatic hydroxyl groups excluding tert-OH is 1. The van der Waals surface area contributed by atoms with Crippen molar-refractivity contribution in [2.24, 2.45) is 11.7 Å². The monoisotopic (exact) mass is 278 g/mol. The first-order valence-corrected chi connectivity index (χ1v) is 6.77. The van der Waals surface area contributed by atoms with Crippen LogP contribution in [0.1, 0.15) is 21.7 Å². The van der Waals surface area contributed by atoms with Gasteiger partial charge in [-0.1, -0.05) is 11.8 Å². The van der Waals surface area contributed by atoms with Crippen LogP contribution < -0.4 is 5.73 Å². The molecule has 3 N–H and O–H groups in total. The predicted octanol–water partition coefficient (Wildman–Crippen LogP) is 0.0393. The lowest BCUT2D eigenvalue weighted by Gasteiger charge is -2.15. The van der Waals surface area contributed by atoms with Crippen LogP contribution in [0.5, 0.6) is 0 Å². The van der Waals surface area contributed by atoms with Crippen LogP contribution in [0.4, 0.5) is 0 Å². The molecule has 0 aromatic carbocycles. The lowest BCUT2D eigenvalue weighted by molar-refractivity contribution is -0.121. The Bertz CT molecular complexity index is 556. The zero-order chi connectivity index (χ0) is 13.8. The molecule has 19 heavy (non-hydrogen) atoms. The molecule has 0 radical (unpaired) electrons. The van der Waals surface area contributed by atoms with Crippen LogP contribution in [0.15, 0.2) is 11.4 Å². The SMILES string of the molecule is NC(=O)C1CCN(C(=O)c2sccc2C#CCO)C1. The molecule has 100 valence electrons. The fraction of sp³-hybridized carbons (Fsp3) is 0.385. The summed E-state index contributed by atoms with van der Waals surface area (Å²) < 4.78 is 0. The number of nitrogens with two attached hydrogens (primary N) is 1. The fourth-order valence-electron chi connectivity index (χ4n) is 2.03. The molecule has 0 aliphatic carbocycles. The Morgan fingerprint density at radius 2 is 2.37 bits per heavy atom.